The average molecular weight is 432 g/mol. The van der Waals surface area contributed by atoms with E-state index in [1.807, 2.05) is 0 Å². The number of allylic oxidation sites excluding steroid dienone is 3. The SMILES string of the molecule is O=C(/C=C/C1=CCCC=C1N1CCC(NC(=O)COc2ccc(Cl)cc2)CC1)NO. The molecule has 160 valence electrons. The number of hydrogen-bond donors (Lipinski definition) is 3. The van der Waals surface area contributed by atoms with Gasteiger partial charge in [-0.3, -0.25) is 14.8 Å². The van der Waals surface area contributed by atoms with E-state index in [1.165, 1.54) is 6.08 Å². The lowest BCUT2D eigenvalue weighted by atomic mass is 9.98. The Balaban J connectivity index is 1.45. The van der Waals surface area contributed by atoms with Crippen molar-refractivity contribution in [2.45, 2.75) is 31.7 Å². The van der Waals surface area contributed by atoms with Gasteiger partial charge >= 0.3 is 0 Å². The molecular formula is C22H26ClN3O4. The number of likely N-dealkylation sites (tertiary alicyclic amines) is 1. The molecule has 0 bridgehead atoms. The van der Waals surface area contributed by atoms with Crippen LogP contribution in [0.2, 0.25) is 5.02 Å². The van der Waals surface area contributed by atoms with Crippen molar-refractivity contribution in [2.75, 3.05) is 19.7 Å². The number of carbonyl (C=O) groups is 2. The lowest BCUT2D eigenvalue weighted by molar-refractivity contribution is -0.124. The van der Waals surface area contributed by atoms with Crippen LogP contribution in [-0.2, 0) is 9.59 Å². The Labute approximate surface area is 181 Å². The number of piperidine rings is 1. The van der Waals surface area contributed by atoms with E-state index in [2.05, 4.69) is 22.4 Å². The second-order valence-corrected chi connectivity index (χ2v) is 7.64. The van der Waals surface area contributed by atoms with Gasteiger partial charge in [-0.2, -0.15) is 0 Å². The van der Waals surface area contributed by atoms with Crippen molar-refractivity contribution < 1.29 is 19.5 Å². The summed E-state index contributed by atoms with van der Waals surface area (Å²) in [5.41, 5.74) is 3.68. The molecule has 7 nitrogen and oxygen atoms in total. The maximum atomic E-state index is 12.2. The van der Waals surface area contributed by atoms with E-state index in [0.29, 0.717) is 10.8 Å². The molecule has 2 aliphatic rings. The van der Waals surface area contributed by atoms with Gasteiger partial charge in [0.15, 0.2) is 6.61 Å². The zero-order valence-electron chi connectivity index (χ0n) is 16.6. The number of nitrogens with zero attached hydrogens (tertiary/aromatic N) is 1. The number of hydroxylamine groups is 1. The highest BCUT2D eigenvalue weighted by atomic mass is 35.5. The molecule has 0 aromatic heterocycles. The summed E-state index contributed by atoms with van der Waals surface area (Å²) in [4.78, 5) is 25.8. The molecular weight excluding hydrogens is 406 g/mol. The van der Waals surface area contributed by atoms with Gasteiger partial charge in [-0.15, -0.1) is 0 Å². The Bertz CT molecular complexity index is 840. The van der Waals surface area contributed by atoms with E-state index in [-0.39, 0.29) is 18.6 Å². The molecule has 1 aromatic carbocycles. The average Bonchev–Trinajstić information content (AvgIpc) is 2.78. The van der Waals surface area contributed by atoms with E-state index in [9.17, 15) is 9.59 Å². The van der Waals surface area contributed by atoms with Crippen molar-refractivity contribution >= 4 is 23.4 Å². The molecule has 0 radical (unpaired) electrons. The summed E-state index contributed by atoms with van der Waals surface area (Å²) in [7, 11) is 0. The van der Waals surface area contributed by atoms with Crippen LogP contribution in [0.25, 0.3) is 0 Å². The van der Waals surface area contributed by atoms with Crippen LogP contribution in [0, 0.1) is 0 Å². The molecule has 30 heavy (non-hydrogen) atoms. The van der Waals surface area contributed by atoms with Gasteiger partial charge in [-0.1, -0.05) is 23.8 Å². The standard InChI is InChI=1S/C22H26ClN3O4/c23-17-6-8-19(9-7-17)30-15-22(28)24-18-11-13-26(14-12-18)20-4-2-1-3-16(20)5-10-21(27)25-29/h3-10,18,29H,1-2,11-15H2,(H,24,28)(H,25,27)/b10-5+. The molecule has 0 spiro atoms. The smallest absolute Gasteiger partial charge is 0.267 e. The third-order valence-corrected chi connectivity index (χ3v) is 5.33. The number of halogens is 1. The van der Waals surface area contributed by atoms with Gasteiger partial charge in [0.2, 0.25) is 0 Å². The van der Waals surface area contributed by atoms with E-state index in [4.69, 9.17) is 21.5 Å². The van der Waals surface area contributed by atoms with Gasteiger partial charge in [0.05, 0.1) is 0 Å². The molecule has 0 atom stereocenters. The first-order valence-electron chi connectivity index (χ1n) is 10.0. The first-order valence-corrected chi connectivity index (χ1v) is 10.4. The van der Waals surface area contributed by atoms with Crippen LogP contribution in [-0.4, -0.2) is 47.7 Å². The van der Waals surface area contributed by atoms with E-state index >= 15 is 0 Å². The number of nitrogens with one attached hydrogen (secondary N) is 2. The molecule has 1 saturated heterocycles. The number of rotatable bonds is 7. The maximum absolute atomic E-state index is 12.2. The molecule has 3 N–H and O–H groups in total. The fourth-order valence-electron chi connectivity index (χ4n) is 3.56. The monoisotopic (exact) mass is 431 g/mol. The normalized spacial score (nSPS) is 17.3. The van der Waals surface area contributed by atoms with E-state index in [1.54, 1.807) is 35.8 Å². The zero-order valence-corrected chi connectivity index (χ0v) is 17.4. The summed E-state index contributed by atoms with van der Waals surface area (Å²) < 4.78 is 5.49. The first-order chi connectivity index (χ1) is 14.5. The van der Waals surface area contributed by atoms with E-state index in [0.717, 1.165) is 50.0 Å². The Kier molecular flexibility index (Phi) is 7.93. The van der Waals surface area contributed by atoms with Gasteiger partial charge in [-0.05, 0) is 61.6 Å². The highest BCUT2D eigenvalue weighted by Gasteiger charge is 2.23. The number of hydrogen-bond acceptors (Lipinski definition) is 5. The lowest BCUT2D eigenvalue weighted by Gasteiger charge is -2.36. The number of carbonyl (C=O) groups excluding carboxylic acids is 2. The van der Waals surface area contributed by atoms with Crippen LogP contribution in [0.4, 0.5) is 0 Å². The summed E-state index contributed by atoms with van der Waals surface area (Å²) in [5, 5.41) is 12.3. The molecule has 1 heterocycles. The molecule has 1 aliphatic carbocycles. The first kappa shape index (κ1) is 21.9. The van der Waals surface area contributed by atoms with Crippen molar-refractivity contribution in [1.82, 2.24) is 15.7 Å². The third-order valence-electron chi connectivity index (χ3n) is 5.07. The van der Waals surface area contributed by atoms with Crippen molar-refractivity contribution in [3.8, 4) is 5.75 Å². The molecule has 2 amide bonds. The van der Waals surface area contributed by atoms with Gasteiger partial charge in [-0.25, -0.2) is 5.48 Å². The zero-order chi connectivity index (χ0) is 21.3. The summed E-state index contributed by atoms with van der Waals surface area (Å²) in [5.74, 6) is -0.0854. The Morgan fingerprint density at radius 1 is 1.17 bits per heavy atom. The van der Waals surface area contributed by atoms with Crippen molar-refractivity contribution in [3.63, 3.8) is 0 Å². The molecule has 1 aromatic rings. The minimum atomic E-state index is -0.553. The second-order valence-electron chi connectivity index (χ2n) is 7.21. The number of amides is 2. The fourth-order valence-corrected chi connectivity index (χ4v) is 3.69. The van der Waals surface area contributed by atoms with Crippen LogP contribution in [0.5, 0.6) is 5.75 Å². The molecule has 0 saturated carbocycles. The Hall–Kier alpha value is -2.77. The molecule has 8 heteroatoms. The Morgan fingerprint density at radius 3 is 2.57 bits per heavy atom. The van der Waals surface area contributed by atoms with Crippen LogP contribution in [0.3, 0.4) is 0 Å². The van der Waals surface area contributed by atoms with Crippen LogP contribution in [0.1, 0.15) is 25.7 Å². The summed E-state index contributed by atoms with van der Waals surface area (Å²) in [6, 6.07) is 7.01. The number of ether oxygens (including phenoxy) is 1. The van der Waals surface area contributed by atoms with Crippen molar-refractivity contribution in [1.29, 1.82) is 0 Å². The van der Waals surface area contributed by atoms with E-state index < -0.39 is 5.91 Å². The fraction of sp³-hybridized carbons (Fsp3) is 0.364. The minimum Gasteiger partial charge on any atom is -0.484 e. The van der Waals surface area contributed by atoms with Crippen molar-refractivity contribution in [3.05, 3.63) is 64.9 Å². The van der Waals surface area contributed by atoms with Crippen molar-refractivity contribution in [2.24, 2.45) is 0 Å². The minimum absolute atomic E-state index is 0.0302. The van der Waals surface area contributed by atoms with Crippen LogP contribution < -0.4 is 15.5 Å². The molecule has 1 fully saturated rings. The topological polar surface area (TPSA) is 90.9 Å². The summed E-state index contributed by atoms with van der Waals surface area (Å²) >= 11 is 5.84. The molecule has 1 aliphatic heterocycles. The predicted molar refractivity (Wildman–Crippen MR) is 114 cm³/mol. The van der Waals surface area contributed by atoms with Crippen LogP contribution in [0.15, 0.2) is 59.8 Å². The van der Waals surface area contributed by atoms with Gasteiger partial charge in [0.25, 0.3) is 11.8 Å². The Morgan fingerprint density at radius 2 is 1.87 bits per heavy atom. The third kappa shape index (κ3) is 6.37. The van der Waals surface area contributed by atoms with Gasteiger partial charge in [0.1, 0.15) is 5.75 Å². The van der Waals surface area contributed by atoms with Gasteiger partial charge < -0.3 is 15.0 Å². The van der Waals surface area contributed by atoms with Crippen LogP contribution >= 0.6 is 11.6 Å². The largest absolute Gasteiger partial charge is 0.484 e. The summed E-state index contributed by atoms with van der Waals surface area (Å²) in [6.45, 7) is 1.59. The summed E-state index contributed by atoms with van der Waals surface area (Å²) in [6.07, 6.45) is 10.9. The molecule has 3 rings (SSSR count). The lowest BCUT2D eigenvalue weighted by Crippen LogP contribution is -2.45. The maximum Gasteiger partial charge on any atom is 0.267 e. The highest BCUT2D eigenvalue weighted by Crippen LogP contribution is 2.26. The predicted octanol–water partition coefficient (Wildman–Crippen LogP) is 2.97. The highest BCUT2D eigenvalue weighted by molar-refractivity contribution is 6.30. The second kappa shape index (κ2) is 10.8. The number of benzene rings is 1. The quantitative estimate of drug-likeness (QED) is 0.351. The molecule has 0 unspecified atom stereocenters. The van der Waals surface area contributed by atoms with Gasteiger partial charge in [0, 0.05) is 35.9 Å².